The molecule has 0 saturated heterocycles. The van der Waals surface area contributed by atoms with E-state index in [-0.39, 0.29) is 26.2 Å². The van der Waals surface area contributed by atoms with Crippen LogP contribution in [0.25, 0.3) is 0 Å². The van der Waals surface area contributed by atoms with Crippen molar-refractivity contribution in [1.82, 2.24) is 5.32 Å². The summed E-state index contributed by atoms with van der Waals surface area (Å²) >= 11 is 0. The summed E-state index contributed by atoms with van der Waals surface area (Å²) in [6.07, 6.45) is -5.01. The molecule has 0 aliphatic carbocycles. The zero-order valence-electron chi connectivity index (χ0n) is 7.14. The second-order valence-electron chi connectivity index (χ2n) is 2.73. The average molecular weight is 201 g/mol. The van der Waals surface area contributed by atoms with Gasteiger partial charge in [-0.05, 0) is 13.0 Å². The summed E-state index contributed by atoms with van der Waals surface area (Å²) in [4.78, 5) is 0. The lowest BCUT2D eigenvalue weighted by atomic mass is 10.2. The van der Waals surface area contributed by atoms with Crippen LogP contribution in [0.5, 0.6) is 0 Å². The molecule has 3 N–H and O–H groups in total. The van der Waals surface area contributed by atoms with Crippen molar-refractivity contribution in [2.45, 2.75) is 25.1 Å². The fourth-order valence-corrected chi connectivity index (χ4v) is 0.782. The monoisotopic (exact) mass is 201 g/mol. The third-order valence-corrected chi connectivity index (χ3v) is 1.51. The van der Waals surface area contributed by atoms with Crippen LogP contribution in [0.15, 0.2) is 0 Å². The number of nitrogens with one attached hydrogen (secondary N) is 1. The minimum Gasteiger partial charge on any atom is -0.395 e. The molecule has 3 nitrogen and oxygen atoms in total. The molecule has 0 aliphatic heterocycles. The second kappa shape index (κ2) is 6.17. The summed E-state index contributed by atoms with van der Waals surface area (Å²) in [5, 5.41) is 19.7. The molecular weight excluding hydrogens is 187 g/mol. The van der Waals surface area contributed by atoms with Crippen LogP contribution in [-0.4, -0.2) is 42.2 Å². The predicted octanol–water partition coefficient (Wildman–Crippen LogP) is 0.272. The van der Waals surface area contributed by atoms with Gasteiger partial charge in [0.1, 0.15) is 0 Å². The van der Waals surface area contributed by atoms with Crippen molar-refractivity contribution in [3.8, 4) is 0 Å². The van der Waals surface area contributed by atoms with E-state index in [0.717, 1.165) is 0 Å². The van der Waals surface area contributed by atoms with Crippen LogP contribution >= 0.6 is 0 Å². The smallest absolute Gasteiger partial charge is 0.389 e. The molecule has 0 aliphatic rings. The molecule has 0 aromatic heterocycles. The standard InChI is InChI=1S/C7H14F3NO2/c8-7(9,10)2-1-3-11-6(4-12)5-13/h6,11-13H,1-5H2. The summed E-state index contributed by atoms with van der Waals surface area (Å²) in [5.41, 5.74) is 0. The number of hydrogen-bond acceptors (Lipinski definition) is 3. The third kappa shape index (κ3) is 8.01. The Morgan fingerprint density at radius 2 is 1.69 bits per heavy atom. The summed E-state index contributed by atoms with van der Waals surface area (Å²) in [7, 11) is 0. The van der Waals surface area contributed by atoms with E-state index in [9.17, 15) is 13.2 Å². The van der Waals surface area contributed by atoms with Gasteiger partial charge in [-0.15, -0.1) is 0 Å². The molecule has 6 heteroatoms. The minimum absolute atomic E-state index is 0.0417. The van der Waals surface area contributed by atoms with Gasteiger partial charge < -0.3 is 15.5 Å². The topological polar surface area (TPSA) is 52.5 Å². The first kappa shape index (κ1) is 12.7. The predicted molar refractivity (Wildman–Crippen MR) is 41.3 cm³/mol. The Kier molecular flexibility index (Phi) is 6.02. The highest BCUT2D eigenvalue weighted by atomic mass is 19.4. The highest BCUT2D eigenvalue weighted by Crippen LogP contribution is 2.20. The van der Waals surface area contributed by atoms with Gasteiger partial charge >= 0.3 is 6.18 Å². The zero-order valence-corrected chi connectivity index (χ0v) is 7.14. The molecule has 0 fully saturated rings. The zero-order chi connectivity index (χ0) is 10.3. The molecule has 0 atom stereocenters. The number of aliphatic hydroxyl groups excluding tert-OH is 2. The normalized spacial score (nSPS) is 12.5. The van der Waals surface area contributed by atoms with E-state index in [2.05, 4.69) is 5.32 Å². The molecule has 0 aromatic carbocycles. The van der Waals surface area contributed by atoms with Crippen LogP contribution in [0.4, 0.5) is 13.2 Å². The van der Waals surface area contributed by atoms with Gasteiger partial charge in [-0.3, -0.25) is 0 Å². The Hall–Kier alpha value is -0.330. The van der Waals surface area contributed by atoms with Gasteiger partial charge in [0.2, 0.25) is 0 Å². The first-order chi connectivity index (χ1) is 5.99. The van der Waals surface area contributed by atoms with Gasteiger partial charge in [0.25, 0.3) is 0 Å². The largest absolute Gasteiger partial charge is 0.395 e. The van der Waals surface area contributed by atoms with Gasteiger partial charge in [0, 0.05) is 6.42 Å². The van der Waals surface area contributed by atoms with Crippen LogP contribution in [0.1, 0.15) is 12.8 Å². The average Bonchev–Trinajstić information content (AvgIpc) is 2.03. The van der Waals surface area contributed by atoms with Gasteiger partial charge in [-0.25, -0.2) is 0 Å². The van der Waals surface area contributed by atoms with E-state index in [1.807, 2.05) is 0 Å². The highest BCUT2D eigenvalue weighted by molar-refractivity contribution is 4.63. The van der Waals surface area contributed by atoms with Crippen LogP contribution in [0.3, 0.4) is 0 Å². The van der Waals surface area contributed by atoms with Gasteiger partial charge in [0.05, 0.1) is 19.3 Å². The molecular formula is C7H14F3NO2. The molecule has 0 unspecified atom stereocenters. The molecule has 80 valence electrons. The molecule has 0 amide bonds. The quantitative estimate of drug-likeness (QED) is 0.541. The number of alkyl halides is 3. The Morgan fingerprint density at radius 1 is 1.15 bits per heavy atom. The second-order valence-corrected chi connectivity index (χ2v) is 2.73. The first-order valence-corrected chi connectivity index (χ1v) is 4.01. The Bertz CT molecular complexity index is 125. The number of aliphatic hydroxyl groups is 2. The molecule has 0 rings (SSSR count). The van der Waals surface area contributed by atoms with E-state index >= 15 is 0 Å². The summed E-state index contributed by atoms with van der Waals surface area (Å²) < 4.78 is 34.9. The van der Waals surface area contributed by atoms with E-state index in [0.29, 0.717) is 0 Å². The summed E-state index contributed by atoms with van der Waals surface area (Å²) in [5.74, 6) is 0. The molecule has 0 bridgehead atoms. The fourth-order valence-electron chi connectivity index (χ4n) is 0.782. The lowest BCUT2D eigenvalue weighted by Gasteiger charge is -2.13. The van der Waals surface area contributed by atoms with Crippen molar-refractivity contribution in [1.29, 1.82) is 0 Å². The van der Waals surface area contributed by atoms with Crippen LogP contribution in [0.2, 0.25) is 0 Å². The van der Waals surface area contributed by atoms with Crippen molar-refractivity contribution < 1.29 is 23.4 Å². The molecule has 0 saturated carbocycles. The van der Waals surface area contributed by atoms with Crippen molar-refractivity contribution in [3.63, 3.8) is 0 Å². The maximum atomic E-state index is 11.6. The molecule has 0 aromatic rings. The van der Waals surface area contributed by atoms with Gasteiger partial charge in [-0.2, -0.15) is 13.2 Å². The van der Waals surface area contributed by atoms with Gasteiger partial charge in [0.15, 0.2) is 0 Å². The highest BCUT2D eigenvalue weighted by Gasteiger charge is 2.25. The van der Waals surface area contributed by atoms with Crippen molar-refractivity contribution in [2.24, 2.45) is 0 Å². The summed E-state index contributed by atoms with van der Waals surface area (Å²) in [6.45, 7) is -0.406. The van der Waals surface area contributed by atoms with E-state index in [1.165, 1.54) is 0 Å². The van der Waals surface area contributed by atoms with E-state index < -0.39 is 18.6 Å². The van der Waals surface area contributed by atoms with E-state index in [4.69, 9.17) is 10.2 Å². The maximum Gasteiger partial charge on any atom is 0.389 e. The van der Waals surface area contributed by atoms with Gasteiger partial charge in [-0.1, -0.05) is 0 Å². The number of rotatable bonds is 6. The summed E-state index contributed by atoms with van der Waals surface area (Å²) in [6, 6.07) is -0.520. The Morgan fingerprint density at radius 3 is 2.08 bits per heavy atom. The van der Waals surface area contributed by atoms with Crippen molar-refractivity contribution in [3.05, 3.63) is 0 Å². The number of halogens is 3. The van der Waals surface area contributed by atoms with Crippen molar-refractivity contribution in [2.75, 3.05) is 19.8 Å². The Labute approximate surface area is 74.6 Å². The fraction of sp³-hybridized carbons (Fsp3) is 1.00. The van der Waals surface area contributed by atoms with Crippen LogP contribution < -0.4 is 5.32 Å². The Balaban J connectivity index is 3.34. The van der Waals surface area contributed by atoms with Crippen molar-refractivity contribution >= 4 is 0 Å². The minimum atomic E-state index is -4.13. The molecule has 0 radical (unpaired) electrons. The molecule has 0 spiro atoms. The van der Waals surface area contributed by atoms with Crippen LogP contribution in [0, 0.1) is 0 Å². The lowest BCUT2D eigenvalue weighted by Crippen LogP contribution is -2.36. The third-order valence-electron chi connectivity index (χ3n) is 1.51. The van der Waals surface area contributed by atoms with E-state index in [1.54, 1.807) is 0 Å². The van der Waals surface area contributed by atoms with Crippen LogP contribution in [-0.2, 0) is 0 Å². The lowest BCUT2D eigenvalue weighted by molar-refractivity contribution is -0.135. The number of hydrogen-bond donors (Lipinski definition) is 3. The first-order valence-electron chi connectivity index (χ1n) is 4.01. The molecule has 0 heterocycles. The molecule has 13 heavy (non-hydrogen) atoms. The maximum absolute atomic E-state index is 11.6. The SMILES string of the molecule is OCC(CO)NCCCC(F)(F)F.